The van der Waals surface area contributed by atoms with Crippen LogP contribution in [0, 0.1) is 6.92 Å². The van der Waals surface area contributed by atoms with E-state index in [1.54, 1.807) is 24.3 Å². The van der Waals surface area contributed by atoms with Crippen molar-refractivity contribution in [3.05, 3.63) is 75.4 Å². The number of hydrogen-bond donors (Lipinski definition) is 1. The first-order valence-corrected chi connectivity index (χ1v) is 8.72. The van der Waals surface area contributed by atoms with Gasteiger partial charge in [0.1, 0.15) is 0 Å². The number of alkyl halides is 3. The molecule has 0 saturated carbocycles. The largest absolute Gasteiger partial charge is 0.504 e. The van der Waals surface area contributed by atoms with Crippen LogP contribution in [0.25, 0.3) is 27.8 Å². The molecule has 29 heavy (non-hydrogen) atoms. The molecule has 5 nitrogen and oxygen atoms in total. The van der Waals surface area contributed by atoms with Gasteiger partial charge in [-0.15, -0.1) is 0 Å². The minimum Gasteiger partial charge on any atom is -0.504 e. The van der Waals surface area contributed by atoms with Crippen LogP contribution < -0.4 is 5.43 Å². The number of fused-ring (bicyclic) bond motifs is 1. The number of phenols is 1. The van der Waals surface area contributed by atoms with Crippen LogP contribution in [0.5, 0.6) is 5.75 Å². The van der Waals surface area contributed by atoms with Crippen LogP contribution in [-0.2, 0) is 6.18 Å². The van der Waals surface area contributed by atoms with Gasteiger partial charge in [0, 0.05) is 16.8 Å². The molecule has 0 amide bonds. The number of aromatic hydroxyl groups is 1. The molecule has 4 rings (SSSR count). The molecule has 1 N–H and O–H groups in total. The maximum atomic E-state index is 13.7. The number of rotatable bonds is 2. The predicted molar refractivity (Wildman–Crippen MR) is 101 cm³/mol. The Kier molecular flexibility index (Phi) is 4.38. The van der Waals surface area contributed by atoms with Crippen molar-refractivity contribution in [2.75, 3.05) is 0 Å². The molecule has 0 aliphatic carbocycles. The van der Waals surface area contributed by atoms with Crippen molar-refractivity contribution in [2.45, 2.75) is 13.1 Å². The van der Waals surface area contributed by atoms with Crippen LogP contribution >= 0.6 is 11.6 Å². The molecule has 0 aliphatic heterocycles. The summed E-state index contributed by atoms with van der Waals surface area (Å²) in [6.07, 6.45) is -2.51. The molecule has 4 aromatic rings. The van der Waals surface area contributed by atoms with E-state index >= 15 is 0 Å². The summed E-state index contributed by atoms with van der Waals surface area (Å²) in [6, 6.07) is 9.23. The van der Waals surface area contributed by atoms with Crippen molar-refractivity contribution in [3.8, 4) is 22.6 Å². The maximum absolute atomic E-state index is 13.7. The first-order chi connectivity index (χ1) is 13.7. The average molecular weight is 421 g/mol. The minimum atomic E-state index is -4.96. The second-order valence-electron chi connectivity index (χ2n) is 6.39. The van der Waals surface area contributed by atoms with Crippen molar-refractivity contribution in [1.82, 2.24) is 9.78 Å². The number of halogens is 4. The van der Waals surface area contributed by atoms with Gasteiger partial charge in [-0.25, -0.2) is 4.68 Å². The molecule has 0 fully saturated rings. The fourth-order valence-corrected chi connectivity index (χ4v) is 3.12. The van der Waals surface area contributed by atoms with E-state index in [0.29, 0.717) is 10.7 Å². The Morgan fingerprint density at radius 2 is 1.83 bits per heavy atom. The van der Waals surface area contributed by atoms with Gasteiger partial charge >= 0.3 is 6.18 Å². The normalized spacial score (nSPS) is 11.9. The highest BCUT2D eigenvalue weighted by atomic mass is 35.5. The van der Waals surface area contributed by atoms with Gasteiger partial charge < -0.3 is 9.52 Å². The lowest BCUT2D eigenvalue weighted by Crippen LogP contribution is -2.16. The summed E-state index contributed by atoms with van der Waals surface area (Å²) >= 11 is 5.84. The van der Waals surface area contributed by atoms with Crippen LogP contribution in [-0.4, -0.2) is 14.9 Å². The number of benzene rings is 2. The summed E-state index contributed by atoms with van der Waals surface area (Å²) in [7, 11) is 0. The Hall–Kier alpha value is -3.26. The molecule has 0 atom stereocenters. The zero-order valence-electron chi connectivity index (χ0n) is 14.8. The molecule has 2 heterocycles. The number of aryl methyl sites for hydroxylation is 1. The topological polar surface area (TPSA) is 68.3 Å². The zero-order chi connectivity index (χ0) is 20.9. The third-order valence-corrected chi connectivity index (χ3v) is 4.71. The maximum Gasteiger partial charge on any atom is 0.450 e. The molecule has 0 saturated heterocycles. The molecule has 0 bridgehead atoms. The lowest BCUT2D eigenvalue weighted by molar-refractivity contribution is -0.152. The lowest BCUT2D eigenvalue weighted by atomic mass is 10.0. The Balaban J connectivity index is 1.98. The summed E-state index contributed by atoms with van der Waals surface area (Å²) in [6.45, 7) is 1.49. The SMILES string of the molecule is Cc1ccc2c(=O)c(-c3cnn(-c4ccc(Cl)cc4)c3)c(C(F)(F)F)oc2c1O. The zero-order valence-corrected chi connectivity index (χ0v) is 15.5. The van der Waals surface area contributed by atoms with Gasteiger partial charge in [0.25, 0.3) is 0 Å². The summed E-state index contributed by atoms with van der Waals surface area (Å²) in [5.74, 6) is -2.00. The van der Waals surface area contributed by atoms with E-state index in [4.69, 9.17) is 16.0 Å². The highest BCUT2D eigenvalue weighted by molar-refractivity contribution is 6.30. The van der Waals surface area contributed by atoms with Gasteiger partial charge in [0.05, 0.1) is 22.8 Å². The number of aromatic nitrogens is 2. The number of nitrogens with zero attached hydrogens (tertiary/aromatic N) is 2. The molecular weight excluding hydrogens is 409 g/mol. The fourth-order valence-electron chi connectivity index (χ4n) is 2.99. The molecule has 0 spiro atoms. The quantitative estimate of drug-likeness (QED) is 0.476. The van der Waals surface area contributed by atoms with E-state index in [0.717, 1.165) is 6.20 Å². The van der Waals surface area contributed by atoms with E-state index in [-0.39, 0.29) is 16.5 Å². The Labute approximate surface area is 166 Å². The Bertz CT molecular complexity index is 1290. The molecule has 0 aliphatic rings. The summed E-state index contributed by atoms with van der Waals surface area (Å²) in [5.41, 5.74) is -1.32. The monoisotopic (exact) mass is 420 g/mol. The van der Waals surface area contributed by atoms with Gasteiger partial charge in [0.2, 0.25) is 11.2 Å². The lowest BCUT2D eigenvalue weighted by Gasteiger charge is -2.12. The minimum absolute atomic E-state index is 0.0667. The Morgan fingerprint density at radius 1 is 1.14 bits per heavy atom. The first kappa shape index (κ1) is 19.1. The van der Waals surface area contributed by atoms with Crippen LogP contribution in [0.4, 0.5) is 13.2 Å². The fraction of sp³-hybridized carbons (Fsp3) is 0.100. The number of phenolic OH excluding ortho intramolecular Hbond substituents is 1. The van der Waals surface area contributed by atoms with Crippen LogP contribution in [0.2, 0.25) is 5.02 Å². The van der Waals surface area contributed by atoms with E-state index in [1.807, 2.05) is 0 Å². The molecule has 0 radical (unpaired) electrons. The molecule has 2 aromatic carbocycles. The van der Waals surface area contributed by atoms with Crippen molar-refractivity contribution < 1.29 is 22.7 Å². The summed E-state index contributed by atoms with van der Waals surface area (Å²) in [5, 5.41) is 14.5. The van der Waals surface area contributed by atoms with E-state index in [2.05, 4.69) is 5.10 Å². The smallest absolute Gasteiger partial charge is 0.450 e. The Morgan fingerprint density at radius 3 is 2.48 bits per heavy atom. The van der Waals surface area contributed by atoms with Gasteiger partial charge in [-0.2, -0.15) is 18.3 Å². The molecule has 2 aromatic heterocycles. The summed E-state index contributed by atoms with van der Waals surface area (Å²) < 4.78 is 47.4. The molecule has 0 unspecified atom stereocenters. The molecular formula is C20H12ClF3N2O3. The van der Waals surface area contributed by atoms with Crippen molar-refractivity contribution in [3.63, 3.8) is 0 Å². The van der Waals surface area contributed by atoms with Crippen LogP contribution in [0.15, 0.2) is 58.0 Å². The van der Waals surface area contributed by atoms with Crippen LogP contribution in [0.1, 0.15) is 11.3 Å². The van der Waals surface area contributed by atoms with Gasteiger partial charge in [-0.3, -0.25) is 4.79 Å². The second-order valence-corrected chi connectivity index (χ2v) is 6.83. The van der Waals surface area contributed by atoms with Crippen molar-refractivity contribution >= 4 is 22.6 Å². The third-order valence-electron chi connectivity index (χ3n) is 4.46. The second kappa shape index (κ2) is 6.66. The van der Waals surface area contributed by atoms with Crippen LogP contribution in [0.3, 0.4) is 0 Å². The first-order valence-electron chi connectivity index (χ1n) is 8.34. The highest BCUT2D eigenvalue weighted by Crippen LogP contribution is 2.39. The number of hydrogen-bond acceptors (Lipinski definition) is 4. The van der Waals surface area contributed by atoms with E-state index < -0.39 is 34.3 Å². The highest BCUT2D eigenvalue weighted by Gasteiger charge is 2.40. The van der Waals surface area contributed by atoms with Gasteiger partial charge in [0.15, 0.2) is 11.3 Å². The van der Waals surface area contributed by atoms with E-state index in [1.165, 1.54) is 29.9 Å². The standard InChI is InChI=1S/C20H12ClF3N2O3/c1-10-2-7-14-17(28)15(19(20(22,23)24)29-18(14)16(10)27)11-8-25-26(9-11)13-5-3-12(21)4-6-13/h2-9,27H,1H3. The van der Waals surface area contributed by atoms with Gasteiger partial charge in [-0.1, -0.05) is 17.7 Å². The average Bonchev–Trinajstić information content (AvgIpc) is 3.14. The third kappa shape index (κ3) is 3.25. The van der Waals surface area contributed by atoms with Gasteiger partial charge in [-0.05, 0) is 42.8 Å². The summed E-state index contributed by atoms with van der Waals surface area (Å²) in [4.78, 5) is 12.9. The predicted octanol–water partition coefficient (Wildman–Crippen LogP) is 5.33. The van der Waals surface area contributed by atoms with Crippen molar-refractivity contribution in [1.29, 1.82) is 0 Å². The van der Waals surface area contributed by atoms with Crippen molar-refractivity contribution in [2.24, 2.45) is 0 Å². The molecule has 9 heteroatoms. The van der Waals surface area contributed by atoms with E-state index in [9.17, 15) is 23.1 Å². The molecule has 148 valence electrons.